The maximum Gasteiger partial charge on any atom is 0.284 e. The SMILES string of the molecule is COCCn1c(C)cc(C=NNC(=O)C2COc3ccccc3O2)c1C. The van der Waals surface area contributed by atoms with Gasteiger partial charge in [0.1, 0.15) is 6.61 Å². The average molecular weight is 357 g/mol. The maximum atomic E-state index is 12.2. The first-order valence-corrected chi connectivity index (χ1v) is 8.47. The molecule has 1 atom stereocenters. The molecule has 0 spiro atoms. The van der Waals surface area contributed by atoms with Gasteiger partial charge in [0, 0.05) is 30.6 Å². The topological polar surface area (TPSA) is 74.1 Å². The van der Waals surface area contributed by atoms with E-state index < -0.39 is 6.10 Å². The number of amides is 1. The zero-order chi connectivity index (χ0) is 18.5. The quantitative estimate of drug-likeness (QED) is 0.634. The minimum Gasteiger partial charge on any atom is -0.485 e. The average Bonchev–Trinajstić information content (AvgIpc) is 2.92. The Kier molecular flexibility index (Phi) is 5.58. The lowest BCUT2D eigenvalue weighted by molar-refractivity contribution is -0.130. The lowest BCUT2D eigenvalue weighted by atomic mass is 10.2. The molecule has 26 heavy (non-hydrogen) atoms. The van der Waals surface area contributed by atoms with Crippen molar-refractivity contribution in [3.8, 4) is 11.5 Å². The van der Waals surface area contributed by atoms with Crippen molar-refractivity contribution in [3.05, 3.63) is 47.3 Å². The predicted octanol–water partition coefficient (Wildman–Crippen LogP) is 2.04. The van der Waals surface area contributed by atoms with Crippen LogP contribution in [0.3, 0.4) is 0 Å². The van der Waals surface area contributed by atoms with Crippen LogP contribution in [0.5, 0.6) is 11.5 Å². The number of hydrogen-bond donors (Lipinski definition) is 1. The summed E-state index contributed by atoms with van der Waals surface area (Å²) in [4.78, 5) is 12.2. The van der Waals surface area contributed by atoms with E-state index >= 15 is 0 Å². The van der Waals surface area contributed by atoms with E-state index in [1.807, 2.05) is 32.0 Å². The summed E-state index contributed by atoms with van der Waals surface area (Å²) in [5.41, 5.74) is 5.66. The molecule has 1 aliphatic rings. The number of para-hydroxylation sites is 2. The minimum atomic E-state index is -0.726. The van der Waals surface area contributed by atoms with Crippen molar-refractivity contribution in [1.29, 1.82) is 0 Å². The van der Waals surface area contributed by atoms with Crippen molar-refractivity contribution < 1.29 is 19.0 Å². The fourth-order valence-electron chi connectivity index (χ4n) is 2.87. The summed E-state index contributed by atoms with van der Waals surface area (Å²) in [7, 11) is 1.68. The van der Waals surface area contributed by atoms with Gasteiger partial charge in [0.05, 0.1) is 12.8 Å². The van der Waals surface area contributed by atoms with Crippen LogP contribution in [0, 0.1) is 13.8 Å². The number of nitrogens with zero attached hydrogens (tertiary/aromatic N) is 2. The van der Waals surface area contributed by atoms with Gasteiger partial charge in [-0.25, -0.2) is 5.43 Å². The van der Waals surface area contributed by atoms with Crippen molar-refractivity contribution in [2.75, 3.05) is 20.3 Å². The van der Waals surface area contributed by atoms with Gasteiger partial charge in [0.25, 0.3) is 5.91 Å². The van der Waals surface area contributed by atoms with Crippen molar-refractivity contribution in [3.63, 3.8) is 0 Å². The molecule has 7 heteroatoms. The molecule has 1 aliphatic heterocycles. The van der Waals surface area contributed by atoms with Gasteiger partial charge in [-0.15, -0.1) is 0 Å². The number of aryl methyl sites for hydroxylation is 1. The molecule has 0 aliphatic carbocycles. The van der Waals surface area contributed by atoms with Crippen molar-refractivity contribution in [1.82, 2.24) is 9.99 Å². The lowest BCUT2D eigenvalue weighted by Gasteiger charge is -2.24. The molecule has 0 radical (unpaired) electrons. The summed E-state index contributed by atoms with van der Waals surface area (Å²) < 4.78 is 18.5. The normalized spacial score (nSPS) is 16.0. The first-order valence-electron chi connectivity index (χ1n) is 8.47. The largest absolute Gasteiger partial charge is 0.485 e. The van der Waals surface area contributed by atoms with Crippen LogP contribution >= 0.6 is 0 Å². The maximum absolute atomic E-state index is 12.2. The molecule has 0 saturated heterocycles. The molecule has 138 valence electrons. The highest BCUT2D eigenvalue weighted by Crippen LogP contribution is 2.30. The second-order valence-electron chi connectivity index (χ2n) is 6.07. The van der Waals surface area contributed by atoms with Gasteiger partial charge in [-0.2, -0.15) is 5.10 Å². The van der Waals surface area contributed by atoms with Gasteiger partial charge in [0.15, 0.2) is 11.5 Å². The Balaban J connectivity index is 1.60. The molecule has 3 rings (SSSR count). The number of hydrazone groups is 1. The number of ether oxygens (including phenoxy) is 3. The van der Waals surface area contributed by atoms with Gasteiger partial charge in [-0.3, -0.25) is 4.79 Å². The van der Waals surface area contributed by atoms with E-state index in [1.165, 1.54) is 0 Å². The fraction of sp³-hybridized carbons (Fsp3) is 0.368. The Morgan fingerprint density at radius 2 is 2.15 bits per heavy atom. The number of methoxy groups -OCH3 is 1. The van der Waals surface area contributed by atoms with E-state index in [-0.39, 0.29) is 12.5 Å². The third-order valence-corrected chi connectivity index (χ3v) is 4.31. The third-order valence-electron chi connectivity index (χ3n) is 4.31. The number of nitrogens with one attached hydrogen (secondary N) is 1. The summed E-state index contributed by atoms with van der Waals surface area (Å²) in [6.07, 6.45) is 0.914. The molecule has 2 aromatic rings. The van der Waals surface area contributed by atoms with Crippen LogP contribution < -0.4 is 14.9 Å². The third kappa shape index (κ3) is 3.88. The number of aromatic nitrogens is 1. The van der Waals surface area contributed by atoms with Crippen LogP contribution in [0.1, 0.15) is 17.0 Å². The van der Waals surface area contributed by atoms with Crippen LogP contribution in [0.4, 0.5) is 0 Å². The number of carbonyl (C=O) groups excluding carboxylic acids is 1. The Morgan fingerprint density at radius 3 is 2.92 bits per heavy atom. The molecular weight excluding hydrogens is 334 g/mol. The monoisotopic (exact) mass is 357 g/mol. The minimum absolute atomic E-state index is 0.157. The molecule has 0 saturated carbocycles. The Labute approximate surface area is 152 Å². The van der Waals surface area contributed by atoms with Crippen LogP contribution in [-0.2, 0) is 16.1 Å². The van der Waals surface area contributed by atoms with Crippen LogP contribution in [0.25, 0.3) is 0 Å². The molecule has 0 bridgehead atoms. The van der Waals surface area contributed by atoms with E-state index in [4.69, 9.17) is 14.2 Å². The van der Waals surface area contributed by atoms with Gasteiger partial charge < -0.3 is 18.8 Å². The molecule has 1 aromatic heterocycles. The van der Waals surface area contributed by atoms with Crippen LogP contribution in [0.15, 0.2) is 35.4 Å². The zero-order valence-corrected chi connectivity index (χ0v) is 15.2. The fourth-order valence-corrected chi connectivity index (χ4v) is 2.87. The first-order chi connectivity index (χ1) is 12.6. The second-order valence-corrected chi connectivity index (χ2v) is 6.07. The van der Waals surface area contributed by atoms with Gasteiger partial charge in [-0.1, -0.05) is 12.1 Å². The van der Waals surface area contributed by atoms with Crippen LogP contribution in [-0.4, -0.2) is 43.1 Å². The number of benzene rings is 1. The molecule has 7 nitrogen and oxygen atoms in total. The van der Waals surface area contributed by atoms with Crippen molar-refractivity contribution in [2.24, 2.45) is 5.10 Å². The lowest BCUT2D eigenvalue weighted by Crippen LogP contribution is -2.42. The summed E-state index contributed by atoms with van der Waals surface area (Å²) in [5.74, 6) is 0.858. The van der Waals surface area contributed by atoms with E-state index in [0.29, 0.717) is 18.1 Å². The molecule has 0 fully saturated rings. The number of carbonyl (C=O) groups is 1. The smallest absolute Gasteiger partial charge is 0.284 e. The van der Waals surface area contributed by atoms with Crippen molar-refractivity contribution >= 4 is 12.1 Å². The molecule has 1 N–H and O–H groups in total. The van der Waals surface area contributed by atoms with E-state index in [2.05, 4.69) is 15.1 Å². The van der Waals surface area contributed by atoms with Crippen LogP contribution in [0.2, 0.25) is 0 Å². The number of fused-ring (bicyclic) bond motifs is 1. The highest BCUT2D eigenvalue weighted by molar-refractivity contribution is 5.85. The Morgan fingerprint density at radius 1 is 1.38 bits per heavy atom. The van der Waals surface area contributed by atoms with Gasteiger partial charge in [0.2, 0.25) is 6.10 Å². The highest BCUT2D eigenvalue weighted by atomic mass is 16.6. The summed E-state index contributed by atoms with van der Waals surface area (Å²) >= 11 is 0. The molecule has 2 heterocycles. The van der Waals surface area contributed by atoms with E-state index in [9.17, 15) is 4.79 Å². The van der Waals surface area contributed by atoms with E-state index in [0.717, 1.165) is 23.5 Å². The molecule has 1 amide bonds. The summed E-state index contributed by atoms with van der Waals surface area (Å²) in [6, 6.07) is 9.29. The summed E-state index contributed by atoms with van der Waals surface area (Å²) in [6.45, 7) is 5.62. The number of hydrogen-bond acceptors (Lipinski definition) is 5. The number of rotatable bonds is 6. The Bertz CT molecular complexity index is 813. The predicted molar refractivity (Wildman–Crippen MR) is 97.9 cm³/mol. The summed E-state index contributed by atoms with van der Waals surface area (Å²) in [5, 5.41) is 4.06. The Hall–Kier alpha value is -2.80. The highest BCUT2D eigenvalue weighted by Gasteiger charge is 2.27. The zero-order valence-electron chi connectivity index (χ0n) is 15.2. The van der Waals surface area contributed by atoms with Gasteiger partial charge >= 0.3 is 0 Å². The molecule has 1 aromatic carbocycles. The second kappa shape index (κ2) is 8.05. The first kappa shape index (κ1) is 18.0. The molecular formula is C19H23N3O4. The van der Waals surface area contributed by atoms with Crippen molar-refractivity contribution in [2.45, 2.75) is 26.5 Å². The van der Waals surface area contributed by atoms with E-state index in [1.54, 1.807) is 25.5 Å². The standard InChI is InChI=1S/C19H23N3O4/c1-13-10-15(14(2)22(13)8-9-24-3)11-20-21-19(23)18-12-25-16-6-4-5-7-17(16)26-18/h4-7,10-11,18H,8-9,12H2,1-3H3,(H,21,23). The van der Waals surface area contributed by atoms with Gasteiger partial charge in [-0.05, 0) is 32.0 Å². The molecule has 1 unspecified atom stereocenters.